The number of hydrogen-bond acceptors (Lipinski definition) is 2. The van der Waals surface area contributed by atoms with E-state index in [-0.39, 0.29) is 17.3 Å². The van der Waals surface area contributed by atoms with Crippen LogP contribution in [0, 0.1) is 11.2 Å². The standard InChI is InChI=1S/C14H23FN2/c1-10(16)11-6-7-13(12(15)8-11)17(5)9-14(2,3)4/h6-8,10H,9,16H2,1-5H3/t10-/m1/s1. The predicted molar refractivity (Wildman–Crippen MR) is 71.7 cm³/mol. The predicted octanol–water partition coefficient (Wildman–Crippen LogP) is 3.33. The van der Waals surface area contributed by atoms with E-state index in [1.54, 1.807) is 6.07 Å². The Bertz CT molecular complexity index is 380. The lowest BCUT2D eigenvalue weighted by Crippen LogP contribution is -2.29. The molecule has 0 aromatic heterocycles. The molecule has 3 heteroatoms. The van der Waals surface area contributed by atoms with Gasteiger partial charge < -0.3 is 10.6 Å². The molecule has 0 bridgehead atoms. The average molecular weight is 238 g/mol. The molecule has 0 unspecified atom stereocenters. The maximum absolute atomic E-state index is 13.9. The second-order valence-electron chi connectivity index (χ2n) is 5.92. The van der Waals surface area contributed by atoms with Crippen LogP contribution in [-0.2, 0) is 0 Å². The Kier molecular flexibility index (Phi) is 4.15. The summed E-state index contributed by atoms with van der Waals surface area (Å²) in [4.78, 5) is 1.94. The summed E-state index contributed by atoms with van der Waals surface area (Å²) in [5.74, 6) is -0.202. The molecule has 0 spiro atoms. The Morgan fingerprint density at radius 1 is 1.35 bits per heavy atom. The molecular formula is C14H23FN2. The van der Waals surface area contributed by atoms with Crippen LogP contribution < -0.4 is 10.6 Å². The molecule has 1 rings (SSSR count). The van der Waals surface area contributed by atoms with Crippen LogP contribution in [0.3, 0.4) is 0 Å². The number of hydrogen-bond donors (Lipinski definition) is 1. The van der Waals surface area contributed by atoms with E-state index in [1.165, 1.54) is 6.07 Å². The van der Waals surface area contributed by atoms with Crippen LogP contribution in [0.1, 0.15) is 39.3 Å². The Balaban J connectivity index is 2.92. The lowest BCUT2D eigenvalue weighted by Gasteiger charge is -2.28. The largest absolute Gasteiger partial charge is 0.372 e. The fourth-order valence-corrected chi connectivity index (χ4v) is 1.91. The first-order valence-corrected chi connectivity index (χ1v) is 5.97. The van der Waals surface area contributed by atoms with Gasteiger partial charge in [0.25, 0.3) is 0 Å². The van der Waals surface area contributed by atoms with Gasteiger partial charge in [-0.25, -0.2) is 4.39 Å². The van der Waals surface area contributed by atoms with Crippen LogP contribution in [0.4, 0.5) is 10.1 Å². The topological polar surface area (TPSA) is 29.3 Å². The normalized spacial score (nSPS) is 13.6. The number of halogens is 1. The van der Waals surface area contributed by atoms with Crippen molar-refractivity contribution < 1.29 is 4.39 Å². The third kappa shape index (κ3) is 4.00. The van der Waals surface area contributed by atoms with E-state index >= 15 is 0 Å². The number of rotatable bonds is 3. The second-order valence-corrected chi connectivity index (χ2v) is 5.92. The van der Waals surface area contributed by atoms with Crippen LogP contribution >= 0.6 is 0 Å². The van der Waals surface area contributed by atoms with Crippen molar-refractivity contribution in [3.63, 3.8) is 0 Å². The Labute approximate surface area is 104 Å². The summed E-state index contributed by atoms with van der Waals surface area (Å²) in [6.45, 7) is 9.07. The highest BCUT2D eigenvalue weighted by atomic mass is 19.1. The first-order chi connectivity index (χ1) is 7.70. The second kappa shape index (κ2) is 5.05. The van der Waals surface area contributed by atoms with E-state index in [9.17, 15) is 4.39 Å². The highest BCUT2D eigenvalue weighted by molar-refractivity contribution is 5.49. The lowest BCUT2D eigenvalue weighted by atomic mass is 9.96. The van der Waals surface area contributed by atoms with Crippen LogP contribution in [-0.4, -0.2) is 13.6 Å². The zero-order valence-electron chi connectivity index (χ0n) is 11.4. The van der Waals surface area contributed by atoms with E-state index in [2.05, 4.69) is 20.8 Å². The molecule has 1 atom stereocenters. The number of nitrogens with zero attached hydrogens (tertiary/aromatic N) is 1. The molecular weight excluding hydrogens is 215 g/mol. The molecule has 0 aliphatic carbocycles. The molecule has 96 valence electrons. The molecule has 0 aliphatic heterocycles. The van der Waals surface area contributed by atoms with E-state index in [0.717, 1.165) is 12.1 Å². The molecule has 0 saturated carbocycles. The maximum Gasteiger partial charge on any atom is 0.146 e. The quantitative estimate of drug-likeness (QED) is 0.875. The van der Waals surface area contributed by atoms with Crippen molar-refractivity contribution in [2.45, 2.75) is 33.7 Å². The van der Waals surface area contributed by atoms with Gasteiger partial charge in [0.2, 0.25) is 0 Å². The van der Waals surface area contributed by atoms with Crippen LogP contribution in [0.15, 0.2) is 18.2 Å². The minimum Gasteiger partial charge on any atom is -0.372 e. The van der Waals surface area contributed by atoms with Crippen molar-refractivity contribution in [2.24, 2.45) is 11.1 Å². The van der Waals surface area contributed by atoms with Gasteiger partial charge in [0.15, 0.2) is 0 Å². The third-order valence-corrected chi connectivity index (χ3v) is 2.62. The number of anilines is 1. The van der Waals surface area contributed by atoms with Gasteiger partial charge in [0, 0.05) is 19.6 Å². The maximum atomic E-state index is 13.9. The fourth-order valence-electron chi connectivity index (χ4n) is 1.91. The van der Waals surface area contributed by atoms with Crippen LogP contribution in [0.2, 0.25) is 0 Å². The third-order valence-electron chi connectivity index (χ3n) is 2.62. The molecule has 0 saturated heterocycles. The first kappa shape index (κ1) is 14.0. The SMILES string of the molecule is C[C@@H](N)c1ccc(N(C)CC(C)(C)C)c(F)c1. The molecule has 0 aliphatic rings. The lowest BCUT2D eigenvalue weighted by molar-refractivity contribution is 0.417. The minimum atomic E-state index is -0.202. The Morgan fingerprint density at radius 3 is 2.35 bits per heavy atom. The molecule has 1 aromatic rings. The average Bonchev–Trinajstić information content (AvgIpc) is 2.14. The smallest absolute Gasteiger partial charge is 0.146 e. The van der Waals surface area contributed by atoms with Gasteiger partial charge in [-0.2, -0.15) is 0 Å². The molecule has 17 heavy (non-hydrogen) atoms. The van der Waals surface area contributed by atoms with Crippen molar-refractivity contribution >= 4 is 5.69 Å². The Morgan fingerprint density at radius 2 is 1.94 bits per heavy atom. The number of nitrogens with two attached hydrogens (primary N) is 1. The molecule has 0 fully saturated rings. The van der Waals surface area contributed by atoms with Crippen molar-refractivity contribution in [2.75, 3.05) is 18.5 Å². The first-order valence-electron chi connectivity index (χ1n) is 5.97. The van der Waals surface area contributed by atoms with E-state index in [0.29, 0.717) is 5.69 Å². The van der Waals surface area contributed by atoms with Crippen LogP contribution in [0.25, 0.3) is 0 Å². The van der Waals surface area contributed by atoms with Crippen molar-refractivity contribution in [3.05, 3.63) is 29.6 Å². The summed E-state index contributed by atoms with van der Waals surface area (Å²) < 4.78 is 13.9. The summed E-state index contributed by atoms with van der Waals surface area (Å²) >= 11 is 0. The highest BCUT2D eigenvalue weighted by Gasteiger charge is 2.16. The molecule has 0 amide bonds. The van der Waals surface area contributed by atoms with Crippen molar-refractivity contribution in [1.82, 2.24) is 0 Å². The van der Waals surface area contributed by atoms with E-state index in [4.69, 9.17) is 5.73 Å². The van der Waals surface area contributed by atoms with Gasteiger partial charge in [-0.05, 0) is 30.0 Å². The fraction of sp³-hybridized carbons (Fsp3) is 0.571. The van der Waals surface area contributed by atoms with Gasteiger partial charge in [0.05, 0.1) is 5.69 Å². The molecule has 2 nitrogen and oxygen atoms in total. The van der Waals surface area contributed by atoms with Gasteiger partial charge in [-0.15, -0.1) is 0 Å². The summed E-state index contributed by atoms with van der Waals surface area (Å²) in [7, 11) is 1.91. The number of benzene rings is 1. The van der Waals surface area contributed by atoms with Gasteiger partial charge in [0.1, 0.15) is 5.82 Å². The zero-order chi connectivity index (χ0) is 13.2. The Hall–Kier alpha value is -1.09. The van der Waals surface area contributed by atoms with Gasteiger partial charge >= 0.3 is 0 Å². The van der Waals surface area contributed by atoms with Gasteiger partial charge in [-0.1, -0.05) is 26.8 Å². The van der Waals surface area contributed by atoms with E-state index in [1.807, 2.05) is 24.9 Å². The summed E-state index contributed by atoms with van der Waals surface area (Å²) in [5, 5.41) is 0. The van der Waals surface area contributed by atoms with Crippen molar-refractivity contribution in [3.8, 4) is 0 Å². The van der Waals surface area contributed by atoms with Crippen molar-refractivity contribution in [1.29, 1.82) is 0 Å². The zero-order valence-corrected chi connectivity index (χ0v) is 11.4. The van der Waals surface area contributed by atoms with Crippen LogP contribution in [0.5, 0.6) is 0 Å². The highest BCUT2D eigenvalue weighted by Crippen LogP contribution is 2.25. The summed E-state index contributed by atoms with van der Waals surface area (Å²) in [5.41, 5.74) is 7.33. The monoisotopic (exact) mass is 238 g/mol. The minimum absolute atomic E-state index is 0.133. The summed E-state index contributed by atoms with van der Waals surface area (Å²) in [6, 6.07) is 5.09. The molecule has 1 aromatic carbocycles. The molecule has 2 N–H and O–H groups in total. The van der Waals surface area contributed by atoms with E-state index < -0.39 is 0 Å². The molecule has 0 heterocycles. The molecule has 0 radical (unpaired) electrons. The summed E-state index contributed by atoms with van der Waals surface area (Å²) in [6.07, 6.45) is 0. The van der Waals surface area contributed by atoms with Gasteiger partial charge in [-0.3, -0.25) is 0 Å².